The Balaban J connectivity index is 2.14. The fraction of sp³-hybridized carbons (Fsp3) is 0.579. The zero-order valence-electron chi connectivity index (χ0n) is 15.4. The molecule has 1 aromatic rings. The molecule has 0 saturated carbocycles. The van der Waals surface area contributed by atoms with Crippen molar-refractivity contribution in [1.29, 1.82) is 0 Å². The van der Waals surface area contributed by atoms with Crippen molar-refractivity contribution in [2.24, 2.45) is 17.1 Å². The standard InChI is InChI=1S/C19H28ClN3OS/c1-12(2)16(22-18(21)25)17(24)23-10-9-15(19(3,4)11-23)13-5-7-14(20)8-6-13/h5-8,12,15-16H,9-11H2,1-4H3,(H3,21,22,25). The molecule has 1 aromatic carbocycles. The van der Waals surface area contributed by atoms with Gasteiger partial charge in [0.05, 0.1) is 0 Å². The van der Waals surface area contributed by atoms with Gasteiger partial charge in [-0.25, -0.2) is 0 Å². The second kappa shape index (κ2) is 7.92. The van der Waals surface area contributed by atoms with E-state index in [0.717, 1.165) is 18.0 Å². The van der Waals surface area contributed by atoms with Crippen molar-refractivity contribution in [3.63, 3.8) is 0 Å². The summed E-state index contributed by atoms with van der Waals surface area (Å²) in [6, 6.07) is 7.69. The van der Waals surface area contributed by atoms with Crippen LogP contribution < -0.4 is 11.1 Å². The van der Waals surface area contributed by atoms with Crippen LogP contribution in [0.1, 0.15) is 45.6 Å². The summed E-state index contributed by atoms with van der Waals surface area (Å²) in [5.74, 6) is 0.589. The van der Waals surface area contributed by atoms with Gasteiger partial charge in [-0.05, 0) is 53.6 Å². The van der Waals surface area contributed by atoms with Crippen LogP contribution in [0, 0.1) is 11.3 Å². The first-order valence-corrected chi connectivity index (χ1v) is 9.50. The Labute approximate surface area is 161 Å². The molecule has 1 heterocycles. The van der Waals surface area contributed by atoms with Crippen LogP contribution >= 0.6 is 23.8 Å². The number of nitrogens with two attached hydrogens (primary N) is 1. The summed E-state index contributed by atoms with van der Waals surface area (Å²) < 4.78 is 0. The molecule has 138 valence electrons. The van der Waals surface area contributed by atoms with Crippen LogP contribution in [0.4, 0.5) is 0 Å². The minimum Gasteiger partial charge on any atom is -0.376 e. The van der Waals surface area contributed by atoms with Crippen molar-refractivity contribution >= 4 is 34.8 Å². The van der Waals surface area contributed by atoms with E-state index in [1.165, 1.54) is 5.56 Å². The number of benzene rings is 1. The molecule has 1 aliphatic rings. The van der Waals surface area contributed by atoms with Gasteiger partial charge in [-0.15, -0.1) is 0 Å². The molecule has 4 nitrogen and oxygen atoms in total. The van der Waals surface area contributed by atoms with Crippen LogP contribution in [-0.2, 0) is 4.79 Å². The molecule has 25 heavy (non-hydrogen) atoms. The highest BCUT2D eigenvalue weighted by Crippen LogP contribution is 2.42. The van der Waals surface area contributed by atoms with Gasteiger partial charge in [0, 0.05) is 18.1 Å². The van der Waals surface area contributed by atoms with E-state index in [0.29, 0.717) is 12.5 Å². The summed E-state index contributed by atoms with van der Waals surface area (Å²) in [7, 11) is 0. The van der Waals surface area contributed by atoms with E-state index in [-0.39, 0.29) is 28.4 Å². The lowest BCUT2D eigenvalue weighted by Gasteiger charge is -2.45. The van der Waals surface area contributed by atoms with Gasteiger partial charge in [0.15, 0.2) is 5.11 Å². The number of carbonyl (C=O) groups is 1. The molecule has 0 radical (unpaired) electrons. The first-order chi connectivity index (χ1) is 11.6. The number of nitrogens with zero attached hydrogens (tertiary/aromatic N) is 1. The van der Waals surface area contributed by atoms with Crippen LogP contribution in [0.3, 0.4) is 0 Å². The number of piperidine rings is 1. The number of halogens is 1. The zero-order chi connectivity index (χ0) is 18.8. The maximum Gasteiger partial charge on any atom is 0.245 e. The smallest absolute Gasteiger partial charge is 0.245 e. The van der Waals surface area contributed by atoms with E-state index in [9.17, 15) is 4.79 Å². The molecule has 1 fully saturated rings. The molecule has 2 atom stereocenters. The molecular formula is C19H28ClN3OS. The van der Waals surface area contributed by atoms with Crippen LogP contribution in [0.15, 0.2) is 24.3 Å². The quantitative estimate of drug-likeness (QED) is 0.783. The molecule has 2 rings (SSSR count). The van der Waals surface area contributed by atoms with Gasteiger partial charge in [-0.1, -0.05) is 51.4 Å². The van der Waals surface area contributed by atoms with Gasteiger partial charge < -0.3 is 16.0 Å². The average molecular weight is 382 g/mol. The number of hydrogen-bond donors (Lipinski definition) is 2. The van der Waals surface area contributed by atoms with E-state index in [4.69, 9.17) is 29.6 Å². The van der Waals surface area contributed by atoms with Crippen LogP contribution in [0.25, 0.3) is 0 Å². The summed E-state index contributed by atoms with van der Waals surface area (Å²) in [5, 5.41) is 3.87. The summed E-state index contributed by atoms with van der Waals surface area (Å²) in [6.45, 7) is 9.88. The van der Waals surface area contributed by atoms with E-state index >= 15 is 0 Å². The minimum absolute atomic E-state index is 0.0213. The summed E-state index contributed by atoms with van der Waals surface area (Å²) in [5.41, 5.74) is 6.86. The van der Waals surface area contributed by atoms with Gasteiger partial charge in [0.25, 0.3) is 0 Å². The predicted molar refractivity (Wildman–Crippen MR) is 108 cm³/mol. The third-order valence-electron chi connectivity index (χ3n) is 5.04. The van der Waals surface area contributed by atoms with Gasteiger partial charge >= 0.3 is 0 Å². The molecule has 1 saturated heterocycles. The van der Waals surface area contributed by atoms with Crippen LogP contribution in [-0.4, -0.2) is 35.1 Å². The molecule has 2 unspecified atom stereocenters. The highest BCUT2D eigenvalue weighted by molar-refractivity contribution is 7.80. The molecular weight excluding hydrogens is 354 g/mol. The number of thiocarbonyl (C=S) groups is 1. The van der Waals surface area contributed by atoms with E-state index < -0.39 is 0 Å². The minimum atomic E-state index is -0.375. The first-order valence-electron chi connectivity index (χ1n) is 8.72. The highest BCUT2D eigenvalue weighted by Gasteiger charge is 2.40. The number of carbonyl (C=O) groups excluding carboxylic acids is 1. The second-order valence-electron chi connectivity index (χ2n) is 7.87. The van der Waals surface area contributed by atoms with Crippen molar-refractivity contribution in [2.75, 3.05) is 13.1 Å². The topological polar surface area (TPSA) is 58.4 Å². The van der Waals surface area contributed by atoms with Crippen molar-refractivity contribution in [3.8, 4) is 0 Å². The fourth-order valence-electron chi connectivity index (χ4n) is 3.72. The third-order valence-corrected chi connectivity index (χ3v) is 5.41. The molecule has 0 aliphatic carbocycles. The number of hydrogen-bond acceptors (Lipinski definition) is 2. The monoisotopic (exact) mass is 381 g/mol. The predicted octanol–water partition coefficient (Wildman–Crippen LogP) is 3.54. The Bertz CT molecular complexity index is 630. The first kappa shape index (κ1) is 20.0. The lowest BCUT2D eigenvalue weighted by atomic mass is 9.70. The van der Waals surface area contributed by atoms with Gasteiger partial charge in [-0.2, -0.15) is 0 Å². The number of amides is 1. The molecule has 6 heteroatoms. The fourth-order valence-corrected chi connectivity index (χ4v) is 3.97. The molecule has 3 N–H and O–H groups in total. The number of rotatable bonds is 4. The van der Waals surface area contributed by atoms with Crippen LogP contribution in [0.2, 0.25) is 5.02 Å². The number of nitrogens with one attached hydrogen (secondary N) is 1. The Hall–Kier alpha value is -1.33. The van der Waals surface area contributed by atoms with E-state index in [1.807, 2.05) is 30.9 Å². The van der Waals surface area contributed by atoms with E-state index in [2.05, 4.69) is 31.3 Å². The molecule has 0 spiro atoms. The van der Waals surface area contributed by atoms with Crippen molar-refractivity contribution in [3.05, 3.63) is 34.9 Å². The molecule has 1 aliphatic heterocycles. The van der Waals surface area contributed by atoms with Crippen molar-refractivity contribution < 1.29 is 4.79 Å². The maximum atomic E-state index is 13.0. The lowest BCUT2D eigenvalue weighted by Crippen LogP contribution is -2.56. The van der Waals surface area contributed by atoms with Crippen molar-refractivity contribution in [2.45, 2.75) is 46.1 Å². The SMILES string of the molecule is CC(C)C(NC(N)=S)C(=O)N1CCC(c2ccc(Cl)cc2)C(C)(C)C1. The summed E-state index contributed by atoms with van der Waals surface area (Å²) >= 11 is 10.9. The Morgan fingerprint density at radius 1 is 1.36 bits per heavy atom. The van der Waals surface area contributed by atoms with Crippen LogP contribution in [0.5, 0.6) is 0 Å². The maximum absolute atomic E-state index is 13.0. The Kier molecular flexibility index (Phi) is 6.33. The molecule has 0 bridgehead atoms. The van der Waals surface area contributed by atoms with E-state index in [1.54, 1.807) is 0 Å². The largest absolute Gasteiger partial charge is 0.376 e. The Morgan fingerprint density at radius 2 is 1.96 bits per heavy atom. The third kappa shape index (κ3) is 4.85. The zero-order valence-corrected chi connectivity index (χ0v) is 17.0. The molecule has 0 aromatic heterocycles. The average Bonchev–Trinajstić information content (AvgIpc) is 2.51. The van der Waals surface area contributed by atoms with Crippen molar-refractivity contribution in [1.82, 2.24) is 10.2 Å². The lowest BCUT2D eigenvalue weighted by molar-refractivity contribution is -0.137. The van der Waals surface area contributed by atoms with Gasteiger partial charge in [0.1, 0.15) is 6.04 Å². The normalized spacial score (nSPS) is 21.0. The molecule has 1 amide bonds. The number of likely N-dealkylation sites (tertiary alicyclic amines) is 1. The van der Waals surface area contributed by atoms with Gasteiger partial charge in [-0.3, -0.25) is 4.79 Å². The second-order valence-corrected chi connectivity index (χ2v) is 8.75. The Morgan fingerprint density at radius 3 is 2.44 bits per heavy atom. The van der Waals surface area contributed by atoms with Gasteiger partial charge in [0.2, 0.25) is 5.91 Å². The summed E-state index contributed by atoms with van der Waals surface area (Å²) in [4.78, 5) is 14.9. The summed E-state index contributed by atoms with van der Waals surface area (Å²) in [6.07, 6.45) is 0.929. The highest BCUT2D eigenvalue weighted by atomic mass is 35.5.